The van der Waals surface area contributed by atoms with Gasteiger partial charge in [-0.3, -0.25) is 23.9 Å². The Morgan fingerprint density at radius 3 is 1.63 bits per heavy atom. The van der Waals surface area contributed by atoms with Gasteiger partial charge in [0.15, 0.2) is 0 Å². The molecule has 0 N–H and O–H groups in total. The van der Waals surface area contributed by atoms with Crippen molar-refractivity contribution in [2.24, 2.45) is 0 Å². The summed E-state index contributed by atoms with van der Waals surface area (Å²) in [7, 11) is 0. The lowest BCUT2D eigenvalue weighted by molar-refractivity contribution is 0.0607. The van der Waals surface area contributed by atoms with Crippen LogP contribution in [0.25, 0.3) is 21.8 Å². The number of benzene rings is 3. The van der Waals surface area contributed by atoms with E-state index in [4.69, 9.17) is 0 Å². The van der Waals surface area contributed by atoms with Crippen LogP contribution in [0.4, 0.5) is 0 Å². The van der Waals surface area contributed by atoms with Crippen LogP contribution in [-0.4, -0.2) is 33.7 Å². The highest BCUT2D eigenvalue weighted by Crippen LogP contribution is 2.29. The second kappa shape index (κ2) is 5.64. The third kappa shape index (κ3) is 2.15. The first-order valence-corrected chi connectivity index (χ1v) is 8.63. The number of aromatic nitrogens is 1. The van der Waals surface area contributed by atoms with Gasteiger partial charge in [-0.25, -0.2) is 0 Å². The Labute approximate surface area is 154 Å². The second-order valence-corrected chi connectivity index (χ2v) is 6.51. The minimum Gasteiger partial charge on any atom is -0.278 e. The number of carbonyl (C=O) groups is 3. The fraction of sp³-hybridized carbons (Fsp3) is 0.0455. The maximum absolute atomic E-state index is 13.1. The van der Waals surface area contributed by atoms with Gasteiger partial charge in [-0.15, -0.1) is 0 Å². The van der Waals surface area contributed by atoms with E-state index < -0.39 is 11.8 Å². The number of imide groups is 1. The summed E-state index contributed by atoms with van der Waals surface area (Å²) in [6, 6.07) is 21.9. The lowest BCUT2D eigenvalue weighted by Gasteiger charge is -2.14. The van der Waals surface area contributed by atoms with Gasteiger partial charge in [-0.1, -0.05) is 48.5 Å². The molecule has 5 heteroatoms. The molecule has 0 unspecified atom stereocenters. The highest BCUT2D eigenvalue weighted by Gasteiger charge is 2.36. The fourth-order valence-electron chi connectivity index (χ4n) is 3.78. The highest BCUT2D eigenvalue weighted by atomic mass is 16.2. The molecule has 2 amide bonds. The molecular formula is C22H14N2O3. The Kier molecular flexibility index (Phi) is 3.24. The van der Waals surface area contributed by atoms with Crippen LogP contribution in [0, 0.1) is 0 Å². The van der Waals surface area contributed by atoms with Gasteiger partial charge in [0, 0.05) is 10.8 Å². The summed E-state index contributed by atoms with van der Waals surface area (Å²) in [5.41, 5.74) is 2.22. The van der Waals surface area contributed by atoms with Gasteiger partial charge in [0.05, 0.1) is 22.2 Å². The Bertz CT molecular complexity index is 1180. The third-order valence-corrected chi connectivity index (χ3v) is 5.00. The SMILES string of the molecule is O=C1c2ccccc2C(=O)N1CC(=O)n1c2ccccc2c2ccccc21. The average molecular weight is 354 g/mol. The van der Waals surface area contributed by atoms with Crippen molar-refractivity contribution in [2.45, 2.75) is 0 Å². The third-order valence-electron chi connectivity index (χ3n) is 5.00. The maximum Gasteiger partial charge on any atom is 0.262 e. The molecule has 0 aliphatic carbocycles. The van der Waals surface area contributed by atoms with E-state index >= 15 is 0 Å². The first kappa shape index (κ1) is 15.5. The van der Waals surface area contributed by atoms with E-state index in [-0.39, 0.29) is 12.5 Å². The maximum atomic E-state index is 13.1. The molecule has 2 heterocycles. The van der Waals surface area contributed by atoms with Gasteiger partial charge in [0.2, 0.25) is 0 Å². The molecule has 0 radical (unpaired) electrons. The zero-order valence-electron chi connectivity index (χ0n) is 14.3. The lowest BCUT2D eigenvalue weighted by Crippen LogP contribution is -2.36. The van der Waals surface area contributed by atoms with Crippen molar-refractivity contribution >= 4 is 39.5 Å². The van der Waals surface area contributed by atoms with Crippen molar-refractivity contribution in [3.8, 4) is 0 Å². The number of fused-ring (bicyclic) bond motifs is 4. The monoisotopic (exact) mass is 354 g/mol. The van der Waals surface area contributed by atoms with Crippen molar-refractivity contribution in [3.05, 3.63) is 83.9 Å². The van der Waals surface area contributed by atoms with E-state index in [0.29, 0.717) is 11.1 Å². The molecule has 0 saturated heterocycles. The smallest absolute Gasteiger partial charge is 0.262 e. The lowest BCUT2D eigenvalue weighted by atomic mass is 10.1. The fourth-order valence-corrected chi connectivity index (χ4v) is 3.78. The average Bonchev–Trinajstić information content (AvgIpc) is 3.16. The predicted molar refractivity (Wildman–Crippen MR) is 102 cm³/mol. The first-order chi connectivity index (χ1) is 13.2. The number of amides is 2. The zero-order chi connectivity index (χ0) is 18.5. The van der Waals surface area contributed by atoms with Crippen LogP contribution in [-0.2, 0) is 0 Å². The largest absolute Gasteiger partial charge is 0.278 e. The number of para-hydroxylation sites is 2. The summed E-state index contributed by atoms with van der Waals surface area (Å²) in [5, 5.41) is 1.92. The summed E-state index contributed by atoms with van der Waals surface area (Å²) < 4.78 is 1.59. The minimum atomic E-state index is -0.426. The molecule has 0 saturated carbocycles. The first-order valence-electron chi connectivity index (χ1n) is 8.63. The standard InChI is InChI=1S/C22H14N2O3/c25-20(13-23-21(26)16-9-1-2-10-17(16)22(23)27)24-18-11-5-3-7-14(18)15-8-4-6-12-19(15)24/h1-12H,13H2. The molecule has 0 fully saturated rings. The van der Waals surface area contributed by atoms with E-state index in [1.807, 2.05) is 48.5 Å². The van der Waals surface area contributed by atoms with Gasteiger partial charge in [0.25, 0.3) is 17.7 Å². The molecule has 130 valence electrons. The molecule has 0 bridgehead atoms. The van der Waals surface area contributed by atoms with Crippen LogP contribution >= 0.6 is 0 Å². The van der Waals surface area contributed by atoms with Gasteiger partial charge in [-0.05, 0) is 24.3 Å². The Balaban J connectivity index is 1.60. The van der Waals surface area contributed by atoms with Crippen LogP contribution in [0.1, 0.15) is 25.5 Å². The molecule has 3 aromatic carbocycles. The van der Waals surface area contributed by atoms with Crippen LogP contribution < -0.4 is 0 Å². The summed E-state index contributed by atoms with van der Waals surface area (Å²) >= 11 is 0. The van der Waals surface area contributed by atoms with E-state index in [9.17, 15) is 14.4 Å². The molecule has 5 nitrogen and oxygen atoms in total. The number of rotatable bonds is 2. The van der Waals surface area contributed by atoms with Gasteiger partial charge >= 0.3 is 0 Å². The van der Waals surface area contributed by atoms with Crippen molar-refractivity contribution in [3.63, 3.8) is 0 Å². The molecule has 4 aromatic rings. The number of hydrogen-bond donors (Lipinski definition) is 0. The van der Waals surface area contributed by atoms with Crippen LogP contribution in [0.3, 0.4) is 0 Å². The molecule has 1 aliphatic heterocycles. The predicted octanol–water partition coefficient (Wildman–Crippen LogP) is 3.73. The van der Waals surface area contributed by atoms with E-state index in [0.717, 1.165) is 26.7 Å². The van der Waals surface area contributed by atoms with E-state index in [1.165, 1.54) is 0 Å². The summed E-state index contributed by atoms with van der Waals surface area (Å²) in [6.45, 7) is -0.297. The van der Waals surface area contributed by atoms with Gasteiger partial charge in [0.1, 0.15) is 6.54 Å². The van der Waals surface area contributed by atoms with Crippen LogP contribution in [0.2, 0.25) is 0 Å². The van der Waals surface area contributed by atoms with Crippen LogP contribution in [0.15, 0.2) is 72.8 Å². The molecule has 0 atom stereocenters. The quantitative estimate of drug-likeness (QED) is 0.515. The van der Waals surface area contributed by atoms with Gasteiger partial charge < -0.3 is 0 Å². The highest BCUT2D eigenvalue weighted by molar-refractivity contribution is 6.23. The Morgan fingerprint density at radius 1 is 0.667 bits per heavy atom. The molecule has 5 rings (SSSR count). The minimum absolute atomic E-state index is 0.297. The van der Waals surface area contributed by atoms with Crippen molar-refractivity contribution in [1.29, 1.82) is 0 Å². The number of carbonyl (C=O) groups excluding carboxylic acids is 3. The summed E-state index contributed by atoms with van der Waals surface area (Å²) in [4.78, 5) is 39.3. The number of nitrogens with zero attached hydrogens (tertiary/aromatic N) is 2. The topological polar surface area (TPSA) is 59.4 Å². The van der Waals surface area contributed by atoms with Gasteiger partial charge in [-0.2, -0.15) is 0 Å². The number of hydrogen-bond acceptors (Lipinski definition) is 3. The van der Waals surface area contributed by atoms with Crippen molar-refractivity contribution in [1.82, 2.24) is 9.47 Å². The normalized spacial score (nSPS) is 13.6. The van der Waals surface area contributed by atoms with Crippen molar-refractivity contribution < 1.29 is 14.4 Å². The second-order valence-electron chi connectivity index (χ2n) is 6.51. The molecular weight excluding hydrogens is 340 g/mol. The summed E-state index contributed by atoms with van der Waals surface area (Å²) in [5.74, 6) is -1.17. The molecule has 0 spiro atoms. The molecule has 27 heavy (non-hydrogen) atoms. The van der Waals surface area contributed by atoms with E-state index in [2.05, 4.69) is 0 Å². The summed E-state index contributed by atoms with van der Waals surface area (Å²) in [6.07, 6.45) is 0. The Hall–Kier alpha value is -3.73. The van der Waals surface area contributed by atoms with Crippen molar-refractivity contribution in [2.75, 3.05) is 6.54 Å². The molecule has 1 aliphatic rings. The molecule has 1 aromatic heterocycles. The zero-order valence-corrected chi connectivity index (χ0v) is 14.3. The Morgan fingerprint density at radius 2 is 1.11 bits per heavy atom. The van der Waals surface area contributed by atoms with E-state index in [1.54, 1.807) is 28.8 Å². The van der Waals surface area contributed by atoms with Crippen LogP contribution in [0.5, 0.6) is 0 Å².